The normalized spacial score (nSPS) is 23.6. The Morgan fingerprint density at radius 3 is 2.53 bits per heavy atom. The van der Waals surface area contributed by atoms with E-state index in [9.17, 15) is 0 Å². The Kier molecular flexibility index (Phi) is 5.26. The van der Waals surface area contributed by atoms with E-state index < -0.39 is 0 Å². The molecule has 1 saturated heterocycles. The number of hydrogen-bond donors (Lipinski definition) is 1. The second kappa shape index (κ2) is 6.95. The second-order valence-electron chi connectivity index (χ2n) is 6.03. The molecule has 1 heterocycles. The topological polar surface area (TPSA) is 15.3 Å². The fraction of sp³-hybridized carbons (Fsp3) is 0.647. The fourth-order valence-electron chi connectivity index (χ4n) is 2.73. The van der Waals surface area contributed by atoms with Crippen LogP contribution in [0.2, 0.25) is 0 Å². The Morgan fingerprint density at radius 1 is 1.16 bits per heavy atom. The van der Waals surface area contributed by atoms with Gasteiger partial charge in [0.2, 0.25) is 0 Å². The molecule has 2 atom stereocenters. The van der Waals surface area contributed by atoms with Gasteiger partial charge in [0.05, 0.1) is 0 Å². The Balaban J connectivity index is 1.91. The lowest BCUT2D eigenvalue weighted by atomic mass is 9.88. The number of piperidine rings is 1. The standard InChI is InChI=1S/C17H28N2/c1-4-10-18-12-16-5-7-17(8-6-16)19-11-9-14(2)15(3)13-19/h5-8,14-15,18H,4,9-13H2,1-3H3. The van der Waals surface area contributed by atoms with E-state index in [1.54, 1.807) is 0 Å². The fourth-order valence-corrected chi connectivity index (χ4v) is 2.73. The molecule has 2 nitrogen and oxygen atoms in total. The Morgan fingerprint density at radius 2 is 1.89 bits per heavy atom. The van der Waals surface area contributed by atoms with Gasteiger partial charge in [-0.15, -0.1) is 0 Å². The summed E-state index contributed by atoms with van der Waals surface area (Å²) < 4.78 is 0. The van der Waals surface area contributed by atoms with Gasteiger partial charge in [0, 0.05) is 25.3 Å². The first-order valence-corrected chi connectivity index (χ1v) is 7.75. The molecule has 2 heteroatoms. The maximum absolute atomic E-state index is 3.45. The lowest BCUT2D eigenvalue weighted by Crippen LogP contribution is -2.38. The zero-order chi connectivity index (χ0) is 13.7. The lowest BCUT2D eigenvalue weighted by molar-refractivity contribution is 0.324. The highest BCUT2D eigenvalue weighted by atomic mass is 15.1. The van der Waals surface area contributed by atoms with E-state index in [-0.39, 0.29) is 0 Å². The van der Waals surface area contributed by atoms with Crippen LogP contribution in [0.1, 0.15) is 39.2 Å². The highest BCUT2D eigenvalue weighted by Gasteiger charge is 2.22. The summed E-state index contributed by atoms with van der Waals surface area (Å²) in [5.74, 6) is 1.67. The minimum atomic E-state index is 0.805. The molecule has 0 saturated carbocycles. The quantitative estimate of drug-likeness (QED) is 0.813. The maximum atomic E-state index is 3.45. The predicted molar refractivity (Wildman–Crippen MR) is 83.6 cm³/mol. The summed E-state index contributed by atoms with van der Waals surface area (Å²) in [4.78, 5) is 2.54. The van der Waals surface area contributed by atoms with Gasteiger partial charge in [-0.1, -0.05) is 32.9 Å². The van der Waals surface area contributed by atoms with Crippen molar-refractivity contribution >= 4 is 5.69 Å². The molecule has 1 fully saturated rings. The van der Waals surface area contributed by atoms with Gasteiger partial charge < -0.3 is 10.2 Å². The summed E-state index contributed by atoms with van der Waals surface area (Å²) in [6, 6.07) is 9.10. The zero-order valence-corrected chi connectivity index (χ0v) is 12.7. The number of nitrogens with zero attached hydrogens (tertiary/aromatic N) is 1. The van der Waals surface area contributed by atoms with Crippen molar-refractivity contribution in [1.82, 2.24) is 5.32 Å². The van der Waals surface area contributed by atoms with Crippen molar-refractivity contribution < 1.29 is 0 Å². The molecule has 1 aliphatic heterocycles. The van der Waals surface area contributed by atoms with E-state index in [1.807, 2.05) is 0 Å². The molecule has 0 aromatic heterocycles. The average Bonchev–Trinajstić information content (AvgIpc) is 2.43. The van der Waals surface area contributed by atoms with Crippen LogP contribution in [0.15, 0.2) is 24.3 Å². The van der Waals surface area contributed by atoms with E-state index in [0.29, 0.717) is 0 Å². The van der Waals surface area contributed by atoms with E-state index >= 15 is 0 Å². The molecule has 1 N–H and O–H groups in total. The van der Waals surface area contributed by atoms with Gasteiger partial charge in [0.25, 0.3) is 0 Å². The minimum Gasteiger partial charge on any atom is -0.371 e. The van der Waals surface area contributed by atoms with Crippen LogP contribution in [-0.2, 0) is 6.54 Å². The van der Waals surface area contributed by atoms with Crippen molar-refractivity contribution in [2.45, 2.75) is 40.2 Å². The highest BCUT2D eigenvalue weighted by molar-refractivity contribution is 5.48. The molecule has 106 valence electrons. The van der Waals surface area contributed by atoms with E-state index in [0.717, 1.165) is 24.9 Å². The molecule has 19 heavy (non-hydrogen) atoms. The number of benzene rings is 1. The Bertz CT molecular complexity index is 371. The van der Waals surface area contributed by atoms with Crippen LogP contribution in [0, 0.1) is 11.8 Å². The van der Waals surface area contributed by atoms with Gasteiger partial charge in [0.15, 0.2) is 0 Å². The van der Waals surface area contributed by atoms with Crippen LogP contribution in [0.5, 0.6) is 0 Å². The number of nitrogens with one attached hydrogen (secondary N) is 1. The summed E-state index contributed by atoms with van der Waals surface area (Å²) in [5, 5.41) is 3.45. The molecule has 1 aromatic carbocycles. The van der Waals surface area contributed by atoms with E-state index in [4.69, 9.17) is 0 Å². The van der Waals surface area contributed by atoms with Crippen LogP contribution in [0.4, 0.5) is 5.69 Å². The van der Waals surface area contributed by atoms with E-state index in [1.165, 1.54) is 37.2 Å². The molecule has 0 radical (unpaired) electrons. The third kappa shape index (κ3) is 3.97. The van der Waals surface area contributed by atoms with Crippen LogP contribution in [0.25, 0.3) is 0 Å². The lowest BCUT2D eigenvalue weighted by Gasteiger charge is -2.36. The molecule has 2 rings (SSSR count). The summed E-state index contributed by atoms with van der Waals surface area (Å²) in [6.45, 7) is 11.5. The van der Waals surface area contributed by atoms with Crippen molar-refractivity contribution in [1.29, 1.82) is 0 Å². The maximum Gasteiger partial charge on any atom is 0.0366 e. The van der Waals surface area contributed by atoms with Crippen LogP contribution >= 0.6 is 0 Å². The van der Waals surface area contributed by atoms with Gasteiger partial charge in [-0.25, -0.2) is 0 Å². The number of anilines is 1. The largest absolute Gasteiger partial charge is 0.371 e. The smallest absolute Gasteiger partial charge is 0.0366 e. The monoisotopic (exact) mass is 260 g/mol. The molecule has 0 spiro atoms. The number of rotatable bonds is 5. The molecule has 0 aliphatic carbocycles. The van der Waals surface area contributed by atoms with Crippen LogP contribution in [0.3, 0.4) is 0 Å². The highest BCUT2D eigenvalue weighted by Crippen LogP contribution is 2.27. The van der Waals surface area contributed by atoms with Crippen molar-refractivity contribution in [3.05, 3.63) is 29.8 Å². The van der Waals surface area contributed by atoms with E-state index in [2.05, 4.69) is 55.3 Å². The molecule has 1 aliphatic rings. The molecule has 2 unspecified atom stereocenters. The van der Waals surface area contributed by atoms with Crippen molar-refractivity contribution in [3.63, 3.8) is 0 Å². The first-order valence-electron chi connectivity index (χ1n) is 7.75. The van der Waals surface area contributed by atoms with Crippen LogP contribution in [-0.4, -0.2) is 19.6 Å². The van der Waals surface area contributed by atoms with Gasteiger partial charge in [-0.3, -0.25) is 0 Å². The molecular formula is C17H28N2. The van der Waals surface area contributed by atoms with Crippen LogP contribution < -0.4 is 10.2 Å². The molecule has 0 amide bonds. The third-order valence-electron chi connectivity index (χ3n) is 4.39. The van der Waals surface area contributed by atoms with Gasteiger partial charge in [-0.2, -0.15) is 0 Å². The summed E-state index contributed by atoms with van der Waals surface area (Å²) >= 11 is 0. The minimum absolute atomic E-state index is 0.805. The third-order valence-corrected chi connectivity index (χ3v) is 4.39. The summed E-state index contributed by atoms with van der Waals surface area (Å²) in [6.07, 6.45) is 2.52. The van der Waals surface area contributed by atoms with Crippen molar-refractivity contribution in [3.8, 4) is 0 Å². The first kappa shape index (κ1) is 14.4. The van der Waals surface area contributed by atoms with Gasteiger partial charge >= 0.3 is 0 Å². The second-order valence-corrected chi connectivity index (χ2v) is 6.03. The molecule has 1 aromatic rings. The Hall–Kier alpha value is -1.02. The SMILES string of the molecule is CCCNCc1ccc(N2CCC(C)C(C)C2)cc1. The average molecular weight is 260 g/mol. The van der Waals surface area contributed by atoms with Crippen molar-refractivity contribution in [2.75, 3.05) is 24.5 Å². The molecular weight excluding hydrogens is 232 g/mol. The summed E-state index contributed by atoms with van der Waals surface area (Å²) in [5.41, 5.74) is 2.77. The summed E-state index contributed by atoms with van der Waals surface area (Å²) in [7, 11) is 0. The van der Waals surface area contributed by atoms with Gasteiger partial charge in [-0.05, 0) is 48.9 Å². The van der Waals surface area contributed by atoms with Gasteiger partial charge in [0.1, 0.15) is 0 Å². The van der Waals surface area contributed by atoms with Crippen molar-refractivity contribution in [2.24, 2.45) is 11.8 Å². The Labute approximate surface area is 118 Å². The number of hydrogen-bond acceptors (Lipinski definition) is 2. The zero-order valence-electron chi connectivity index (χ0n) is 12.7. The first-order chi connectivity index (χ1) is 9.20. The molecule has 0 bridgehead atoms. The predicted octanol–water partition coefficient (Wildman–Crippen LogP) is 3.67.